The van der Waals surface area contributed by atoms with Crippen molar-refractivity contribution >= 4 is 29.7 Å². The van der Waals surface area contributed by atoms with E-state index in [4.69, 9.17) is 21.1 Å². The van der Waals surface area contributed by atoms with Gasteiger partial charge in [0.1, 0.15) is 12.1 Å². The molecule has 1 aliphatic rings. The second kappa shape index (κ2) is 11.5. The van der Waals surface area contributed by atoms with Crippen LogP contribution in [0.5, 0.6) is 0 Å². The Hall–Kier alpha value is -2.48. The van der Waals surface area contributed by atoms with Crippen LogP contribution in [0.1, 0.15) is 31.7 Å². The lowest BCUT2D eigenvalue weighted by Crippen LogP contribution is -2.62. The number of ether oxygens (including phenoxy) is 2. The lowest BCUT2D eigenvalue weighted by molar-refractivity contribution is -0.152. The van der Waals surface area contributed by atoms with Crippen LogP contribution in [0.25, 0.3) is 0 Å². The molecule has 2 N–H and O–H groups in total. The van der Waals surface area contributed by atoms with E-state index in [0.717, 1.165) is 5.56 Å². The Morgan fingerprint density at radius 2 is 1.83 bits per heavy atom. The first-order valence-corrected chi connectivity index (χ1v) is 10.3. The van der Waals surface area contributed by atoms with Crippen LogP contribution in [0, 0.1) is 0 Å². The predicted octanol–water partition coefficient (Wildman–Crippen LogP) is 2.65. The Labute approximate surface area is 175 Å². The van der Waals surface area contributed by atoms with Gasteiger partial charge in [-0.15, -0.1) is 11.6 Å². The van der Waals surface area contributed by atoms with Crippen molar-refractivity contribution in [2.45, 2.75) is 38.3 Å². The van der Waals surface area contributed by atoms with Gasteiger partial charge >= 0.3 is 18.1 Å². The normalized spacial score (nSPS) is 15.3. The van der Waals surface area contributed by atoms with Crippen molar-refractivity contribution in [1.82, 2.24) is 15.5 Å². The third-order valence-electron chi connectivity index (χ3n) is 4.70. The summed E-state index contributed by atoms with van der Waals surface area (Å²) in [6.45, 7) is 3.05. The molecule has 0 aliphatic carbocycles. The van der Waals surface area contributed by atoms with Gasteiger partial charge in [-0.1, -0.05) is 30.3 Å². The third kappa shape index (κ3) is 6.81. The molecule has 8 nitrogen and oxygen atoms in total. The zero-order valence-electron chi connectivity index (χ0n) is 16.6. The number of urea groups is 1. The van der Waals surface area contributed by atoms with E-state index in [1.807, 2.05) is 30.3 Å². The molecule has 0 aromatic heterocycles. The van der Waals surface area contributed by atoms with Crippen LogP contribution >= 0.6 is 11.6 Å². The molecule has 0 radical (unpaired) electrons. The number of halogens is 1. The minimum absolute atomic E-state index is 0.181. The molecule has 0 unspecified atom stereocenters. The Morgan fingerprint density at radius 3 is 2.45 bits per heavy atom. The monoisotopic (exact) mass is 425 g/mol. The number of piperidine rings is 1. The molecule has 1 aromatic carbocycles. The number of nitrogens with zero attached hydrogens (tertiary/aromatic N) is 1. The quantitative estimate of drug-likeness (QED) is 0.379. The van der Waals surface area contributed by atoms with E-state index in [-0.39, 0.29) is 39.1 Å². The smallest absolute Gasteiger partial charge is 0.410 e. The van der Waals surface area contributed by atoms with Crippen LogP contribution in [0.2, 0.25) is 0 Å². The summed E-state index contributed by atoms with van der Waals surface area (Å²) < 4.78 is 10.5. The Balaban J connectivity index is 1.92. The highest BCUT2D eigenvalue weighted by molar-refractivity contribution is 6.17. The van der Waals surface area contributed by atoms with Gasteiger partial charge < -0.3 is 25.0 Å². The summed E-state index contributed by atoms with van der Waals surface area (Å²) in [4.78, 5) is 38.6. The Bertz CT molecular complexity index is 678. The number of hydrogen-bond donors (Lipinski definition) is 2. The standard InChI is InChI=1S/C20H28ClN3O5/c1-2-28-17(25)20(23-18(26)22-12-6-11-21)9-13-24(14-10-20)19(27)29-15-16-7-4-3-5-8-16/h3-5,7-8H,2,6,9-15H2,1H3,(H2,22,23,26). The first-order valence-electron chi connectivity index (χ1n) is 9.75. The van der Waals surface area contributed by atoms with Crippen LogP contribution < -0.4 is 10.6 Å². The lowest BCUT2D eigenvalue weighted by atomic mass is 9.87. The number of rotatable bonds is 8. The minimum Gasteiger partial charge on any atom is -0.464 e. The summed E-state index contributed by atoms with van der Waals surface area (Å²) in [5, 5.41) is 5.42. The van der Waals surface area contributed by atoms with Crippen LogP contribution in [-0.4, -0.2) is 60.7 Å². The number of benzene rings is 1. The van der Waals surface area contributed by atoms with Crippen molar-refractivity contribution < 1.29 is 23.9 Å². The molecule has 0 bridgehead atoms. The van der Waals surface area contributed by atoms with Crippen LogP contribution in [-0.2, 0) is 20.9 Å². The molecule has 1 aliphatic heterocycles. The fourth-order valence-corrected chi connectivity index (χ4v) is 3.19. The van der Waals surface area contributed by atoms with Crippen molar-refractivity contribution in [3.8, 4) is 0 Å². The molecular weight excluding hydrogens is 398 g/mol. The lowest BCUT2D eigenvalue weighted by Gasteiger charge is -2.39. The summed E-state index contributed by atoms with van der Waals surface area (Å²) in [5.41, 5.74) is -0.272. The van der Waals surface area contributed by atoms with Crippen LogP contribution in [0.4, 0.5) is 9.59 Å². The molecule has 160 valence electrons. The van der Waals surface area contributed by atoms with E-state index in [1.54, 1.807) is 6.92 Å². The maximum atomic E-state index is 12.6. The zero-order chi connectivity index (χ0) is 21.1. The summed E-state index contributed by atoms with van der Waals surface area (Å²) in [5.74, 6) is -0.0617. The van der Waals surface area contributed by atoms with Gasteiger partial charge in [0, 0.05) is 25.5 Å². The number of carbonyl (C=O) groups is 3. The molecule has 3 amide bonds. The van der Waals surface area contributed by atoms with Crippen molar-refractivity contribution in [2.24, 2.45) is 0 Å². The van der Waals surface area contributed by atoms with E-state index in [9.17, 15) is 14.4 Å². The van der Waals surface area contributed by atoms with Crippen LogP contribution in [0.3, 0.4) is 0 Å². The van der Waals surface area contributed by atoms with Gasteiger partial charge in [0.15, 0.2) is 0 Å². The highest BCUT2D eigenvalue weighted by Gasteiger charge is 2.45. The number of alkyl halides is 1. The third-order valence-corrected chi connectivity index (χ3v) is 4.96. The SMILES string of the molecule is CCOC(=O)C1(NC(=O)NCCCCl)CCN(C(=O)OCc2ccccc2)CC1. The van der Waals surface area contributed by atoms with E-state index >= 15 is 0 Å². The molecule has 0 atom stereocenters. The van der Waals surface area contributed by atoms with Crippen molar-refractivity contribution in [1.29, 1.82) is 0 Å². The van der Waals surface area contributed by atoms with Gasteiger partial charge in [-0.3, -0.25) is 0 Å². The van der Waals surface area contributed by atoms with Gasteiger partial charge in [-0.2, -0.15) is 0 Å². The van der Waals surface area contributed by atoms with Gasteiger partial charge in [-0.05, 0) is 31.7 Å². The molecule has 29 heavy (non-hydrogen) atoms. The number of likely N-dealkylation sites (tertiary alicyclic amines) is 1. The Morgan fingerprint density at radius 1 is 1.14 bits per heavy atom. The highest BCUT2D eigenvalue weighted by Crippen LogP contribution is 2.25. The maximum absolute atomic E-state index is 12.6. The topological polar surface area (TPSA) is 97.0 Å². The summed E-state index contributed by atoms with van der Waals surface area (Å²) in [6.07, 6.45) is 0.671. The highest BCUT2D eigenvalue weighted by atomic mass is 35.5. The van der Waals surface area contributed by atoms with E-state index in [0.29, 0.717) is 18.8 Å². The molecule has 1 saturated heterocycles. The number of hydrogen-bond acceptors (Lipinski definition) is 5. The fraction of sp³-hybridized carbons (Fsp3) is 0.550. The maximum Gasteiger partial charge on any atom is 0.410 e. The van der Waals surface area contributed by atoms with Crippen molar-refractivity contribution in [3.63, 3.8) is 0 Å². The Kier molecular flexibility index (Phi) is 9.05. The van der Waals surface area contributed by atoms with Crippen LogP contribution in [0.15, 0.2) is 30.3 Å². The van der Waals surface area contributed by atoms with Crippen molar-refractivity contribution in [2.75, 3.05) is 32.1 Å². The van der Waals surface area contributed by atoms with Gasteiger partial charge in [0.2, 0.25) is 0 Å². The number of esters is 1. The average molecular weight is 426 g/mol. The second-order valence-corrected chi connectivity index (χ2v) is 7.13. The largest absolute Gasteiger partial charge is 0.464 e. The first kappa shape index (κ1) is 22.8. The zero-order valence-corrected chi connectivity index (χ0v) is 17.4. The minimum atomic E-state index is -1.17. The number of nitrogens with one attached hydrogen (secondary N) is 2. The number of amides is 3. The fourth-order valence-electron chi connectivity index (χ4n) is 3.06. The predicted molar refractivity (Wildman–Crippen MR) is 109 cm³/mol. The summed E-state index contributed by atoms with van der Waals surface area (Å²) in [7, 11) is 0. The van der Waals surface area contributed by atoms with Crippen molar-refractivity contribution in [3.05, 3.63) is 35.9 Å². The molecule has 1 heterocycles. The van der Waals surface area contributed by atoms with E-state index in [1.165, 1.54) is 4.90 Å². The van der Waals surface area contributed by atoms with E-state index in [2.05, 4.69) is 10.6 Å². The average Bonchev–Trinajstić information content (AvgIpc) is 2.73. The molecule has 1 aromatic rings. The molecule has 1 fully saturated rings. The summed E-state index contributed by atoms with van der Waals surface area (Å²) in [6, 6.07) is 8.94. The van der Waals surface area contributed by atoms with Gasteiger partial charge in [0.25, 0.3) is 0 Å². The van der Waals surface area contributed by atoms with Gasteiger partial charge in [-0.25, -0.2) is 14.4 Å². The molecule has 0 spiro atoms. The first-order chi connectivity index (χ1) is 14.0. The molecule has 9 heteroatoms. The number of carbonyl (C=O) groups excluding carboxylic acids is 3. The molecule has 2 rings (SSSR count). The van der Waals surface area contributed by atoms with Gasteiger partial charge in [0.05, 0.1) is 6.61 Å². The summed E-state index contributed by atoms with van der Waals surface area (Å²) >= 11 is 5.61. The second-order valence-electron chi connectivity index (χ2n) is 6.75. The molecule has 0 saturated carbocycles. The van der Waals surface area contributed by atoms with E-state index < -0.39 is 23.6 Å². The molecular formula is C20H28ClN3O5.